The van der Waals surface area contributed by atoms with Crippen LogP contribution in [0.15, 0.2) is 65.9 Å². The predicted molar refractivity (Wildman–Crippen MR) is 78.5 cm³/mol. The average molecular weight is 306 g/mol. The molecule has 0 saturated carbocycles. The predicted octanol–water partition coefficient (Wildman–Crippen LogP) is 2.76. The van der Waals surface area contributed by atoms with E-state index in [0.717, 1.165) is 5.01 Å². The number of rotatable bonds is 6. The summed E-state index contributed by atoms with van der Waals surface area (Å²) in [5, 5.41) is 2.05. The van der Waals surface area contributed by atoms with E-state index >= 15 is 0 Å². The minimum absolute atomic E-state index is 0.0241. The van der Waals surface area contributed by atoms with Crippen LogP contribution in [0, 0.1) is 4.91 Å². The first-order valence-corrected chi connectivity index (χ1v) is 7.68. The molecule has 0 aromatic heterocycles. The molecule has 0 unspecified atom stereocenters. The van der Waals surface area contributed by atoms with Gasteiger partial charge in [-0.15, -0.1) is 4.91 Å². The maximum absolute atomic E-state index is 11.6. The quantitative estimate of drug-likeness (QED) is 0.504. The molecule has 0 fully saturated rings. The Bertz CT molecular complexity index is 689. The van der Waals surface area contributed by atoms with Crippen molar-refractivity contribution in [1.29, 1.82) is 0 Å². The van der Waals surface area contributed by atoms with Gasteiger partial charge in [-0.1, -0.05) is 60.7 Å². The second kappa shape index (κ2) is 6.47. The zero-order valence-electron chi connectivity index (χ0n) is 11.0. The van der Waals surface area contributed by atoms with Gasteiger partial charge < -0.3 is 0 Å². The first-order chi connectivity index (χ1) is 10.0. The maximum atomic E-state index is 11.6. The Kier molecular flexibility index (Phi) is 4.66. The number of hydrogen-bond acceptors (Lipinski definition) is 4. The number of hydrogen-bond donors (Lipinski definition) is 1. The largest absolute Gasteiger partial charge is 0.292 e. The second-order valence-corrected chi connectivity index (χ2v) is 5.92. The summed E-state index contributed by atoms with van der Waals surface area (Å²) in [4.78, 5) is 11.1. The van der Waals surface area contributed by atoms with Gasteiger partial charge in [-0.3, -0.25) is 4.55 Å². The Hall–Kier alpha value is -2.25. The van der Waals surface area contributed by atoms with Crippen molar-refractivity contribution in [1.82, 2.24) is 5.01 Å². The zero-order valence-corrected chi connectivity index (χ0v) is 11.8. The van der Waals surface area contributed by atoms with E-state index in [1.807, 2.05) is 0 Å². The topological polar surface area (TPSA) is 87.0 Å². The molecular formula is C14H14N2O4S. The molecule has 6 nitrogen and oxygen atoms in total. The highest BCUT2D eigenvalue weighted by Crippen LogP contribution is 2.27. The summed E-state index contributed by atoms with van der Waals surface area (Å²) < 4.78 is 32.7. The van der Waals surface area contributed by atoms with Crippen LogP contribution in [0.4, 0.5) is 0 Å². The van der Waals surface area contributed by atoms with Gasteiger partial charge in [-0.05, 0) is 11.1 Å². The smallest absolute Gasteiger partial charge is 0.284 e. The third-order valence-corrected chi connectivity index (χ3v) is 4.01. The van der Waals surface area contributed by atoms with Gasteiger partial charge in [0.2, 0.25) is 5.37 Å². The SMILES string of the molecule is O=NN(Cc1ccccc1)[C@@H](c1ccccc1)S(=O)(=O)O. The molecule has 1 N–H and O–H groups in total. The van der Waals surface area contributed by atoms with Crippen LogP contribution in [0.1, 0.15) is 16.5 Å². The van der Waals surface area contributed by atoms with E-state index < -0.39 is 15.5 Å². The number of nitroso groups, excluding NO2 is 1. The molecule has 110 valence electrons. The molecule has 2 aromatic rings. The minimum atomic E-state index is -4.52. The van der Waals surface area contributed by atoms with E-state index in [1.165, 1.54) is 12.1 Å². The number of nitrogens with zero attached hydrogens (tertiary/aromatic N) is 2. The van der Waals surface area contributed by atoms with Crippen molar-refractivity contribution in [2.24, 2.45) is 5.29 Å². The fraction of sp³-hybridized carbons (Fsp3) is 0.143. The van der Waals surface area contributed by atoms with Gasteiger partial charge in [0.05, 0.1) is 11.8 Å². The standard InChI is InChI=1S/C14H14N2O4S/c17-15-16(11-12-7-3-1-4-8-12)14(21(18,19)20)13-9-5-2-6-10-13/h1-10,14H,11H2,(H,18,19,20)/t14-/m1/s1. The van der Waals surface area contributed by atoms with E-state index in [0.29, 0.717) is 5.56 Å². The Morgan fingerprint density at radius 2 is 1.52 bits per heavy atom. The van der Waals surface area contributed by atoms with E-state index in [1.54, 1.807) is 48.5 Å². The van der Waals surface area contributed by atoms with E-state index in [4.69, 9.17) is 0 Å². The van der Waals surface area contributed by atoms with Gasteiger partial charge in [-0.25, -0.2) is 5.01 Å². The summed E-state index contributed by atoms with van der Waals surface area (Å²) in [7, 11) is -4.52. The molecule has 0 aliphatic heterocycles. The maximum Gasteiger partial charge on any atom is 0.292 e. The summed E-state index contributed by atoms with van der Waals surface area (Å²) in [6.45, 7) is -0.0241. The number of benzene rings is 2. The van der Waals surface area contributed by atoms with E-state index in [-0.39, 0.29) is 12.1 Å². The molecule has 0 bridgehead atoms. The van der Waals surface area contributed by atoms with Crippen molar-refractivity contribution < 1.29 is 13.0 Å². The summed E-state index contributed by atoms with van der Waals surface area (Å²) in [6.07, 6.45) is 0. The molecule has 0 radical (unpaired) electrons. The fourth-order valence-electron chi connectivity index (χ4n) is 2.04. The first-order valence-electron chi connectivity index (χ1n) is 6.17. The summed E-state index contributed by atoms with van der Waals surface area (Å²) in [5.74, 6) is 0. The molecule has 0 spiro atoms. The Morgan fingerprint density at radius 3 is 2.00 bits per heavy atom. The molecule has 0 aliphatic carbocycles. The molecule has 21 heavy (non-hydrogen) atoms. The normalized spacial score (nSPS) is 12.6. The van der Waals surface area contributed by atoms with E-state index in [9.17, 15) is 17.9 Å². The van der Waals surface area contributed by atoms with E-state index in [2.05, 4.69) is 5.29 Å². The van der Waals surface area contributed by atoms with Crippen LogP contribution in [0.25, 0.3) is 0 Å². The van der Waals surface area contributed by atoms with Crippen molar-refractivity contribution in [3.05, 3.63) is 76.7 Å². The van der Waals surface area contributed by atoms with Gasteiger partial charge in [0, 0.05) is 0 Å². The molecule has 2 rings (SSSR count). The fourth-order valence-corrected chi connectivity index (χ4v) is 2.96. The average Bonchev–Trinajstić information content (AvgIpc) is 2.47. The van der Waals surface area contributed by atoms with Gasteiger partial charge >= 0.3 is 0 Å². The third-order valence-electron chi connectivity index (χ3n) is 2.93. The Balaban J connectivity index is 2.37. The van der Waals surface area contributed by atoms with Crippen molar-refractivity contribution in [2.45, 2.75) is 11.9 Å². The van der Waals surface area contributed by atoms with Gasteiger partial charge in [0.15, 0.2) is 0 Å². The van der Waals surface area contributed by atoms with Crippen LogP contribution in [0.5, 0.6) is 0 Å². The molecule has 2 aromatic carbocycles. The van der Waals surface area contributed by atoms with Crippen molar-refractivity contribution in [3.8, 4) is 0 Å². The lowest BCUT2D eigenvalue weighted by atomic mass is 10.2. The van der Waals surface area contributed by atoms with Crippen LogP contribution >= 0.6 is 0 Å². The zero-order chi connectivity index (χ0) is 15.3. The Morgan fingerprint density at radius 1 is 1.00 bits per heavy atom. The van der Waals surface area contributed by atoms with Crippen LogP contribution in [0.2, 0.25) is 0 Å². The molecule has 7 heteroatoms. The highest BCUT2D eigenvalue weighted by molar-refractivity contribution is 7.86. The Labute approximate surface area is 122 Å². The van der Waals surface area contributed by atoms with Crippen LogP contribution in [-0.2, 0) is 16.7 Å². The lowest BCUT2D eigenvalue weighted by Gasteiger charge is -2.24. The van der Waals surface area contributed by atoms with Crippen LogP contribution in [-0.4, -0.2) is 18.0 Å². The van der Waals surface area contributed by atoms with Gasteiger partial charge in [0.1, 0.15) is 0 Å². The molecule has 0 saturated heterocycles. The van der Waals surface area contributed by atoms with Crippen LogP contribution < -0.4 is 0 Å². The minimum Gasteiger partial charge on any atom is -0.284 e. The molecule has 0 amide bonds. The highest BCUT2D eigenvalue weighted by atomic mass is 32.2. The highest BCUT2D eigenvalue weighted by Gasteiger charge is 2.32. The monoisotopic (exact) mass is 306 g/mol. The summed E-state index contributed by atoms with van der Waals surface area (Å²) >= 11 is 0. The lowest BCUT2D eigenvalue weighted by Crippen LogP contribution is -2.29. The lowest BCUT2D eigenvalue weighted by molar-refractivity contribution is 0.237. The van der Waals surface area contributed by atoms with Crippen molar-refractivity contribution >= 4 is 10.1 Å². The van der Waals surface area contributed by atoms with Gasteiger partial charge in [-0.2, -0.15) is 8.42 Å². The molecule has 1 atom stereocenters. The molecule has 0 heterocycles. The summed E-state index contributed by atoms with van der Waals surface area (Å²) in [6, 6.07) is 16.8. The molecule has 0 aliphatic rings. The van der Waals surface area contributed by atoms with Crippen molar-refractivity contribution in [3.63, 3.8) is 0 Å². The third kappa shape index (κ3) is 3.87. The van der Waals surface area contributed by atoms with Gasteiger partial charge in [0.25, 0.3) is 10.1 Å². The van der Waals surface area contributed by atoms with Crippen LogP contribution in [0.3, 0.4) is 0 Å². The molecular weight excluding hydrogens is 292 g/mol. The van der Waals surface area contributed by atoms with Crippen molar-refractivity contribution in [2.75, 3.05) is 0 Å². The first kappa shape index (κ1) is 15.1. The second-order valence-electron chi connectivity index (χ2n) is 4.44. The summed E-state index contributed by atoms with van der Waals surface area (Å²) in [5.41, 5.74) is 0.984.